The largest absolute Gasteiger partial charge is 0.508 e. The first-order valence-electron chi connectivity index (χ1n) is 5.66. The monoisotopic (exact) mass is 222 g/mol. The van der Waals surface area contributed by atoms with Gasteiger partial charge in [-0.1, -0.05) is 19.4 Å². The minimum absolute atomic E-state index is 0.143. The van der Waals surface area contributed by atoms with Crippen LogP contribution in [0.5, 0.6) is 5.75 Å². The Hall–Kier alpha value is -1.51. The minimum atomic E-state index is -0.783. The highest BCUT2D eigenvalue weighted by Crippen LogP contribution is 2.20. The standard InChI is InChI=1S/C13H18O3/c1-2-3-4-11-9-12(14)7-5-10(11)6-8-13(15)16/h5,7,9,14H,2-4,6,8H2,1H3,(H,15,16). The van der Waals surface area contributed by atoms with Gasteiger partial charge in [0.25, 0.3) is 0 Å². The normalized spacial score (nSPS) is 10.3. The number of carbonyl (C=O) groups is 1. The van der Waals surface area contributed by atoms with Gasteiger partial charge in [-0.3, -0.25) is 4.79 Å². The van der Waals surface area contributed by atoms with Gasteiger partial charge in [0.2, 0.25) is 0 Å². The maximum atomic E-state index is 10.5. The van der Waals surface area contributed by atoms with Crippen LogP contribution in [0.4, 0.5) is 0 Å². The lowest BCUT2D eigenvalue weighted by atomic mass is 9.98. The molecule has 0 unspecified atom stereocenters. The molecule has 1 rings (SSSR count). The van der Waals surface area contributed by atoms with Gasteiger partial charge in [-0.15, -0.1) is 0 Å². The lowest BCUT2D eigenvalue weighted by molar-refractivity contribution is -0.136. The highest BCUT2D eigenvalue weighted by molar-refractivity contribution is 5.67. The Balaban J connectivity index is 2.76. The topological polar surface area (TPSA) is 57.5 Å². The summed E-state index contributed by atoms with van der Waals surface area (Å²) in [6.45, 7) is 2.11. The third kappa shape index (κ3) is 3.93. The number of aliphatic carboxylic acids is 1. The first kappa shape index (κ1) is 12.6. The maximum Gasteiger partial charge on any atom is 0.303 e. The highest BCUT2D eigenvalue weighted by atomic mass is 16.4. The van der Waals surface area contributed by atoms with Crippen molar-refractivity contribution in [2.24, 2.45) is 0 Å². The number of phenols is 1. The molecule has 0 heterocycles. The Morgan fingerprint density at radius 2 is 2.00 bits per heavy atom. The van der Waals surface area contributed by atoms with Gasteiger partial charge in [-0.05, 0) is 42.5 Å². The van der Waals surface area contributed by atoms with Crippen LogP contribution in [-0.2, 0) is 17.6 Å². The molecule has 2 N–H and O–H groups in total. The molecule has 0 saturated heterocycles. The van der Waals surface area contributed by atoms with Crippen LogP contribution in [0.15, 0.2) is 18.2 Å². The molecule has 3 heteroatoms. The predicted molar refractivity (Wildman–Crippen MR) is 62.7 cm³/mol. The lowest BCUT2D eigenvalue weighted by Gasteiger charge is -2.08. The van der Waals surface area contributed by atoms with Crippen molar-refractivity contribution in [2.45, 2.75) is 39.0 Å². The van der Waals surface area contributed by atoms with Crippen LogP contribution in [0.1, 0.15) is 37.3 Å². The Morgan fingerprint density at radius 1 is 1.25 bits per heavy atom. The van der Waals surface area contributed by atoms with E-state index in [0.717, 1.165) is 30.4 Å². The van der Waals surface area contributed by atoms with Gasteiger partial charge in [-0.25, -0.2) is 0 Å². The molecule has 0 aromatic heterocycles. The van der Waals surface area contributed by atoms with E-state index >= 15 is 0 Å². The molecule has 0 spiro atoms. The van der Waals surface area contributed by atoms with Gasteiger partial charge >= 0.3 is 5.97 Å². The summed E-state index contributed by atoms with van der Waals surface area (Å²) in [5.41, 5.74) is 2.11. The molecule has 0 bridgehead atoms. The molecule has 3 nitrogen and oxygen atoms in total. The Kier molecular flexibility index (Phi) is 4.83. The molecular formula is C13H18O3. The van der Waals surface area contributed by atoms with E-state index in [-0.39, 0.29) is 12.2 Å². The SMILES string of the molecule is CCCCc1cc(O)ccc1CCC(=O)O. The fourth-order valence-corrected chi connectivity index (χ4v) is 1.70. The van der Waals surface area contributed by atoms with Crippen molar-refractivity contribution >= 4 is 5.97 Å². The summed E-state index contributed by atoms with van der Waals surface area (Å²) in [7, 11) is 0. The number of carboxylic acid groups (broad SMARTS) is 1. The van der Waals surface area contributed by atoms with E-state index in [4.69, 9.17) is 5.11 Å². The second kappa shape index (κ2) is 6.16. The van der Waals surface area contributed by atoms with E-state index < -0.39 is 5.97 Å². The van der Waals surface area contributed by atoms with Crippen molar-refractivity contribution in [1.29, 1.82) is 0 Å². The Labute approximate surface area is 95.7 Å². The number of carboxylic acids is 1. The molecular weight excluding hydrogens is 204 g/mol. The van der Waals surface area contributed by atoms with Crippen molar-refractivity contribution in [3.8, 4) is 5.75 Å². The summed E-state index contributed by atoms with van der Waals surface area (Å²) in [6.07, 6.45) is 3.73. The van der Waals surface area contributed by atoms with Gasteiger partial charge in [0.1, 0.15) is 5.75 Å². The molecule has 0 atom stereocenters. The fourth-order valence-electron chi connectivity index (χ4n) is 1.70. The zero-order valence-electron chi connectivity index (χ0n) is 9.57. The van der Waals surface area contributed by atoms with Crippen molar-refractivity contribution in [2.75, 3.05) is 0 Å². The summed E-state index contributed by atoms with van der Waals surface area (Å²) in [4.78, 5) is 10.5. The molecule has 1 aromatic rings. The molecule has 0 amide bonds. The van der Waals surface area contributed by atoms with Crippen LogP contribution in [0.2, 0.25) is 0 Å². The third-order valence-corrected chi connectivity index (χ3v) is 2.60. The van der Waals surface area contributed by atoms with Crippen molar-refractivity contribution in [3.05, 3.63) is 29.3 Å². The number of aryl methyl sites for hydroxylation is 2. The summed E-state index contributed by atoms with van der Waals surface area (Å²) in [5.74, 6) is -0.528. The number of unbranched alkanes of at least 4 members (excludes halogenated alkanes) is 1. The molecule has 16 heavy (non-hydrogen) atoms. The van der Waals surface area contributed by atoms with Gasteiger partial charge < -0.3 is 10.2 Å². The molecule has 0 aliphatic rings. The molecule has 0 aliphatic heterocycles. The highest BCUT2D eigenvalue weighted by Gasteiger charge is 2.06. The number of aromatic hydroxyl groups is 1. The van der Waals surface area contributed by atoms with E-state index in [1.165, 1.54) is 0 Å². The van der Waals surface area contributed by atoms with Gasteiger partial charge in [0.15, 0.2) is 0 Å². The van der Waals surface area contributed by atoms with Crippen molar-refractivity contribution < 1.29 is 15.0 Å². The van der Waals surface area contributed by atoms with Crippen LogP contribution >= 0.6 is 0 Å². The molecule has 88 valence electrons. The van der Waals surface area contributed by atoms with Crippen molar-refractivity contribution in [1.82, 2.24) is 0 Å². The maximum absolute atomic E-state index is 10.5. The number of benzene rings is 1. The molecule has 0 saturated carbocycles. The lowest BCUT2D eigenvalue weighted by Crippen LogP contribution is -2.00. The average molecular weight is 222 g/mol. The van der Waals surface area contributed by atoms with Gasteiger partial charge in [-0.2, -0.15) is 0 Å². The molecule has 0 radical (unpaired) electrons. The quantitative estimate of drug-likeness (QED) is 0.778. The second-order valence-corrected chi connectivity index (χ2v) is 3.95. The molecule has 0 fully saturated rings. The average Bonchev–Trinajstić information content (AvgIpc) is 2.24. The number of rotatable bonds is 6. The van der Waals surface area contributed by atoms with E-state index in [0.29, 0.717) is 6.42 Å². The first-order valence-corrected chi connectivity index (χ1v) is 5.66. The predicted octanol–water partition coefficient (Wildman–Crippen LogP) is 2.75. The fraction of sp³-hybridized carbons (Fsp3) is 0.462. The van der Waals surface area contributed by atoms with E-state index in [1.807, 2.05) is 6.07 Å². The molecule has 0 aliphatic carbocycles. The van der Waals surface area contributed by atoms with Crippen LogP contribution in [0.25, 0.3) is 0 Å². The Bertz CT molecular complexity index is 358. The summed E-state index contributed by atoms with van der Waals surface area (Å²) in [5, 5.41) is 18.0. The van der Waals surface area contributed by atoms with Crippen molar-refractivity contribution in [3.63, 3.8) is 0 Å². The van der Waals surface area contributed by atoms with Gasteiger partial charge in [0.05, 0.1) is 0 Å². The van der Waals surface area contributed by atoms with Gasteiger partial charge in [0, 0.05) is 6.42 Å². The summed E-state index contributed by atoms with van der Waals surface area (Å²) in [6, 6.07) is 5.18. The van der Waals surface area contributed by atoms with E-state index in [9.17, 15) is 9.90 Å². The summed E-state index contributed by atoms with van der Waals surface area (Å²) < 4.78 is 0. The van der Waals surface area contributed by atoms with Crippen LogP contribution in [0, 0.1) is 0 Å². The number of hydrogen-bond donors (Lipinski definition) is 2. The summed E-state index contributed by atoms with van der Waals surface area (Å²) >= 11 is 0. The second-order valence-electron chi connectivity index (χ2n) is 3.95. The van der Waals surface area contributed by atoms with Crippen LogP contribution in [0.3, 0.4) is 0 Å². The van der Waals surface area contributed by atoms with Crippen LogP contribution < -0.4 is 0 Å². The van der Waals surface area contributed by atoms with E-state index in [1.54, 1.807) is 12.1 Å². The number of phenolic OH excluding ortho intramolecular Hbond substituents is 1. The first-order chi connectivity index (χ1) is 7.63. The smallest absolute Gasteiger partial charge is 0.303 e. The molecule has 1 aromatic carbocycles. The zero-order chi connectivity index (χ0) is 12.0. The Morgan fingerprint density at radius 3 is 2.62 bits per heavy atom. The minimum Gasteiger partial charge on any atom is -0.508 e. The zero-order valence-corrected chi connectivity index (χ0v) is 9.57. The third-order valence-electron chi connectivity index (χ3n) is 2.60. The number of hydrogen-bond acceptors (Lipinski definition) is 2. The van der Waals surface area contributed by atoms with E-state index in [2.05, 4.69) is 6.92 Å². The van der Waals surface area contributed by atoms with Crippen LogP contribution in [-0.4, -0.2) is 16.2 Å².